The molecule has 4 aromatic rings. The number of hydrogen-bond donors (Lipinski definition) is 3. The molecule has 1 aliphatic heterocycles. The number of carbonyl (C=O) groups excluding carboxylic acids is 1. The zero-order valence-corrected chi connectivity index (χ0v) is 23.6. The van der Waals surface area contributed by atoms with Gasteiger partial charge in [0.1, 0.15) is 5.82 Å². The highest BCUT2D eigenvalue weighted by Gasteiger charge is 2.16. The van der Waals surface area contributed by atoms with Gasteiger partial charge in [0.05, 0.1) is 30.6 Å². The number of aromatic nitrogens is 4. The van der Waals surface area contributed by atoms with Crippen molar-refractivity contribution in [3.63, 3.8) is 0 Å². The van der Waals surface area contributed by atoms with E-state index in [1.165, 1.54) is 6.07 Å². The number of likely N-dealkylation sites (N-methyl/N-ethyl adjacent to an activating group) is 1. The zero-order chi connectivity index (χ0) is 29.5. The Morgan fingerprint density at radius 3 is 2.55 bits per heavy atom. The molecule has 1 aliphatic rings. The standard InChI is InChI=1S/C31H33FN8O2/c1-22-3-5-25(30(42)36-27-8-7-26(29(32)16-27)20-39-11-9-38(2)10-12-39)15-24(22)6-4-23-17-33-31(34-18-23)37-28-19-35-40(21-28)13-14-41/h3,5,7-8,15-19,21,41H,9-14,20H2,1-2H3,(H,36,42)(H,33,34,37). The van der Waals surface area contributed by atoms with Crippen LogP contribution in [0.15, 0.2) is 61.2 Å². The summed E-state index contributed by atoms with van der Waals surface area (Å²) in [7, 11) is 2.09. The topological polar surface area (TPSA) is 111 Å². The van der Waals surface area contributed by atoms with Gasteiger partial charge in [-0.25, -0.2) is 14.4 Å². The lowest BCUT2D eigenvalue weighted by atomic mass is 10.0. The summed E-state index contributed by atoms with van der Waals surface area (Å²) in [6.45, 7) is 6.63. The Morgan fingerprint density at radius 1 is 1.02 bits per heavy atom. The molecular weight excluding hydrogens is 535 g/mol. The van der Waals surface area contributed by atoms with Crippen LogP contribution in [0.4, 0.5) is 21.7 Å². The van der Waals surface area contributed by atoms with Crippen molar-refractivity contribution in [2.75, 3.05) is 50.5 Å². The molecule has 216 valence electrons. The Kier molecular flexibility index (Phi) is 9.18. The van der Waals surface area contributed by atoms with Gasteiger partial charge in [-0.2, -0.15) is 5.10 Å². The Balaban J connectivity index is 1.21. The van der Waals surface area contributed by atoms with Gasteiger partial charge in [-0.05, 0) is 43.8 Å². The summed E-state index contributed by atoms with van der Waals surface area (Å²) >= 11 is 0. The number of nitrogens with one attached hydrogen (secondary N) is 2. The molecule has 2 aromatic heterocycles. The smallest absolute Gasteiger partial charge is 0.255 e. The second-order valence-electron chi connectivity index (χ2n) is 10.3. The van der Waals surface area contributed by atoms with Gasteiger partial charge in [0, 0.05) is 73.7 Å². The van der Waals surface area contributed by atoms with E-state index in [1.54, 1.807) is 53.7 Å². The summed E-state index contributed by atoms with van der Waals surface area (Å²) in [5.41, 5.74) is 4.36. The molecule has 1 fully saturated rings. The van der Waals surface area contributed by atoms with Gasteiger partial charge in [-0.1, -0.05) is 24.0 Å². The van der Waals surface area contributed by atoms with E-state index in [0.717, 1.165) is 31.7 Å². The number of hydrogen-bond acceptors (Lipinski definition) is 8. The van der Waals surface area contributed by atoms with Crippen LogP contribution in [-0.2, 0) is 13.1 Å². The van der Waals surface area contributed by atoms with E-state index >= 15 is 0 Å². The lowest BCUT2D eigenvalue weighted by molar-refractivity contribution is 0.102. The summed E-state index contributed by atoms with van der Waals surface area (Å²) in [6, 6.07) is 10.1. The number of piperazine rings is 1. The van der Waals surface area contributed by atoms with Gasteiger partial charge >= 0.3 is 0 Å². The third kappa shape index (κ3) is 7.55. The lowest BCUT2D eigenvalue weighted by Gasteiger charge is -2.32. The normalized spacial score (nSPS) is 13.8. The molecule has 2 aromatic carbocycles. The molecule has 0 atom stereocenters. The van der Waals surface area contributed by atoms with Crippen LogP contribution in [0.2, 0.25) is 0 Å². The Hall–Kier alpha value is -4.63. The van der Waals surface area contributed by atoms with Crippen molar-refractivity contribution in [3.05, 3.63) is 94.8 Å². The number of carbonyl (C=O) groups is 1. The summed E-state index contributed by atoms with van der Waals surface area (Å²) in [5.74, 6) is 5.86. The monoisotopic (exact) mass is 568 g/mol. The van der Waals surface area contributed by atoms with Gasteiger partial charge in [0.2, 0.25) is 5.95 Å². The highest BCUT2D eigenvalue weighted by molar-refractivity contribution is 6.04. The minimum atomic E-state index is -0.342. The first-order chi connectivity index (χ1) is 20.4. The van der Waals surface area contributed by atoms with Gasteiger partial charge in [-0.15, -0.1) is 0 Å². The molecule has 3 N–H and O–H groups in total. The first-order valence-corrected chi connectivity index (χ1v) is 13.7. The second-order valence-corrected chi connectivity index (χ2v) is 10.3. The average Bonchev–Trinajstić information content (AvgIpc) is 3.42. The molecule has 10 nitrogen and oxygen atoms in total. The third-order valence-corrected chi connectivity index (χ3v) is 7.01. The molecule has 0 aliphatic carbocycles. The summed E-state index contributed by atoms with van der Waals surface area (Å²) < 4.78 is 16.5. The van der Waals surface area contributed by atoms with Crippen LogP contribution in [0.25, 0.3) is 0 Å². The fourth-order valence-corrected chi connectivity index (χ4v) is 4.48. The minimum absolute atomic E-state index is 0.00340. The van der Waals surface area contributed by atoms with Gasteiger partial charge in [0.15, 0.2) is 0 Å². The van der Waals surface area contributed by atoms with E-state index in [4.69, 9.17) is 5.11 Å². The number of aliphatic hydroxyl groups is 1. The SMILES string of the molecule is Cc1ccc(C(=O)Nc2ccc(CN3CCN(C)CC3)c(F)c2)cc1C#Cc1cnc(Nc2cnn(CCO)c2)nc1. The number of halogens is 1. The van der Waals surface area contributed by atoms with Gasteiger partial charge < -0.3 is 20.6 Å². The maximum Gasteiger partial charge on any atom is 0.255 e. The molecule has 5 rings (SSSR count). The van der Waals surface area contributed by atoms with E-state index in [9.17, 15) is 9.18 Å². The van der Waals surface area contributed by atoms with Gasteiger partial charge in [0.25, 0.3) is 5.91 Å². The molecule has 1 saturated heterocycles. The van der Waals surface area contributed by atoms with Crippen LogP contribution in [0.5, 0.6) is 0 Å². The van der Waals surface area contributed by atoms with Crippen molar-refractivity contribution in [1.82, 2.24) is 29.5 Å². The van der Waals surface area contributed by atoms with E-state index in [-0.39, 0.29) is 18.3 Å². The van der Waals surface area contributed by atoms with Crippen LogP contribution in [-0.4, -0.2) is 80.4 Å². The number of amides is 1. The fraction of sp³-hybridized carbons (Fsp3) is 0.290. The third-order valence-electron chi connectivity index (χ3n) is 7.01. The summed E-state index contributed by atoms with van der Waals surface area (Å²) in [4.78, 5) is 26.1. The predicted molar refractivity (Wildman–Crippen MR) is 159 cm³/mol. The summed E-state index contributed by atoms with van der Waals surface area (Å²) in [6.07, 6.45) is 6.59. The van der Waals surface area contributed by atoms with Crippen molar-refractivity contribution in [1.29, 1.82) is 0 Å². The van der Waals surface area contributed by atoms with Crippen LogP contribution >= 0.6 is 0 Å². The maximum absolute atomic E-state index is 14.8. The average molecular weight is 569 g/mol. The largest absolute Gasteiger partial charge is 0.394 e. The van der Waals surface area contributed by atoms with Crippen molar-refractivity contribution in [2.45, 2.75) is 20.0 Å². The Bertz CT molecular complexity index is 1600. The molecule has 3 heterocycles. The molecular formula is C31H33FN8O2. The molecule has 0 bridgehead atoms. The van der Waals surface area contributed by atoms with Crippen LogP contribution < -0.4 is 10.6 Å². The van der Waals surface area contributed by atoms with Crippen LogP contribution in [0.3, 0.4) is 0 Å². The number of benzene rings is 2. The molecule has 0 unspecified atom stereocenters. The van der Waals surface area contributed by atoms with Crippen molar-refractivity contribution >= 4 is 23.2 Å². The molecule has 0 saturated carbocycles. The quantitative estimate of drug-likeness (QED) is 0.278. The highest BCUT2D eigenvalue weighted by atomic mass is 19.1. The van der Waals surface area contributed by atoms with E-state index in [2.05, 4.69) is 54.4 Å². The summed E-state index contributed by atoms with van der Waals surface area (Å²) in [5, 5.41) is 19.0. The minimum Gasteiger partial charge on any atom is -0.394 e. The van der Waals surface area contributed by atoms with Crippen LogP contribution in [0, 0.1) is 24.6 Å². The maximum atomic E-state index is 14.8. The first kappa shape index (κ1) is 28.9. The number of aliphatic hydroxyl groups excluding tert-OH is 1. The van der Waals surface area contributed by atoms with Crippen molar-refractivity contribution in [2.24, 2.45) is 0 Å². The molecule has 11 heteroatoms. The molecule has 0 radical (unpaired) electrons. The Morgan fingerprint density at radius 2 is 1.81 bits per heavy atom. The zero-order valence-electron chi connectivity index (χ0n) is 23.6. The predicted octanol–water partition coefficient (Wildman–Crippen LogP) is 3.26. The lowest BCUT2D eigenvalue weighted by Crippen LogP contribution is -2.44. The van der Waals surface area contributed by atoms with E-state index in [1.807, 2.05) is 13.0 Å². The number of rotatable bonds is 8. The molecule has 1 amide bonds. The highest BCUT2D eigenvalue weighted by Crippen LogP contribution is 2.19. The van der Waals surface area contributed by atoms with E-state index in [0.29, 0.717) is 52.7 Å². The van der Waals surface area contributed by atoms with Crippen molar-refractivity contribution < 1.29 is 14.3 Å². The van der Waals surface area contributed by atoms with Gasteiger partial charge in [-0.3, -0.25) is 14.4 Å². The number of aryl methyl sites for hydroxylation is 1. The fourth-order valence-electron chi connectivity index (χ4n) is 4.48. The van der Waals surface area contributed by atoms with E-state index < -0.39 is 0 Å². The van der Waals surface area contributed by atoms with Crippen molar-refractivity contribution in [3.8, 4) is 11.8 Å². The molecule has 42 heavy (non-hydrogen) atoms. The van der Waals surface area contributed by atoms with Crippen LogP contribution in [0.1, 0.15) is 32.6 Å². The molecule has 0 spiro atoms. The number of anilines is 3. The first-order valence-electron chi connectivity index (χ1n) is 13.7. The second kappa shape index (κ2) is 13.4. The Labute approximate surface area is 244 Å². The number of nitrogens with zero attached hydrogens (tertiary/aromatic N) is 6.